The molecule has 0 amide bonds. The van der Waals surface area contributed by atoms with Crippen molar-refractivity contribution >= 4 is 11.6 Å². The molecule has 0 bridgehead atoms. The Morgan fingerprint density at radius 1 is 1.40 bits per heavy atom. The Morgan fingerprint density at radius 3 is 3.15 bits per heavy atom. The zero-order valence-electron chi connectivity index (χ0n) is 12.3. The smallest absolute Gasteiger partial charge is 0.245 e. The number of fused-ring (bicyclic) bond motifs is 1. The molecular formula is C15H23N5. The number of aryl methyl sites for hydroxylation is 1. The van der Waals surface area contributed by atoms with Crippen molar-refractivity contribution in [3.05, 3.63) is 23.9 Å². The Labute approximate surface area is 120 Å². The van der Waals surface area contributed by atoms with Gasteiger partial charge >= 0.3 is 0 Å². The van der Waals surface area contributed by atoms with Gasteiger partial charge in [0, 0.05) is 18.8 Å². The van der Waals surface area contributed by atoms with Crippen molar-refractivity contribution in [1.82, 2.24) is 19.9 Å². The molecule has 1 unspecified atom stereocenters. The lowest BCUT2D eigenvalue weighted by atomic mass is 10.00. The Bertz CT molecular complexity index is 577. The molecule has 1 saturated heterocycles. The Balaban J connectivity index is 1.86. The number of pyridine rings is 1. The van der Waals surface area contributed by atoms with E-state index >= 15 is 0 Å². The van der Waals surface area contributed by atoms with E-state index in [1.807, 2.05) is 17.8 Å². The van der Waals surface area contributed by atoms with Crippen LogP contribution >= 0.6 is 0 Å². The highest BCUT2D eigenvalue weighted by molar-refractivity contribution is 5.47. The van der Waals surface area contributed by atoms with Crippen molar-refractivity contribution in [3.8, 4) is 0 Å². The second kappa shape index (κ2) is 5.79. The fraction of sp³-hybridized carbons (Fsp3) is 0.600. The number of rotatable bonds is 4. The van der Waals surface area contributed by atoms with Crippen LogP contribution in [0, 0.1) is 6.92 Å². The molecule has 1 atom stereocenters. The molecule has 5 heteroatoms. The van der Waals surface area contributed by atoms with Crippen molar-refractivity contribution in [2.45, 2.75) is 38.6 Å². The van der Waals surface area contributed by atoms with Crippen LogP contribution in [-0.2, 0) is 0 Å². The van der Waals surface area contributed by atoms with Gasteiger partial charge in [-0.15, -0.1) is 5.10 Å². The largest absolute Gasteiger partial charge is 0.336 e. The minimum absolute atomic E-state index is 0.565. The van der Waals surface area contributed by atoms with Gasteiger partial charge in [-0.3, -0.25) is 0 Å². The standard InChI is InChI=1S/C15H23N5/c1-12-7-10-20-14(11-12)17-15(18-20)19-9-4-3-5-13(19)6-8-16-2/h7,10-11,13,16H,3-6,8-9H2,1-2H3. The molecule has 1 aliphatic rings. The van der Waals surface area contributed by atoms with Gasteiger partial charge in [0.1, 0.15) is 0 Å². The Hall–Kier alpha value is -1.62. The predicted octanol–water partition coefficient (Wildman–Crippen LogP) is 2.01. The van der Waals surface area contributed by atoms with E-state index in [1.54, 1.807) is 0 Å². The quantitative estimate of drug-likeness (QED) is 0.925. The zero-order valence-corrected chi connectivity index (χ0v) is 12.3. The van der Waals surface area contributed by atoms with E-state index in [1.165, 1.54) is 24.8 Å². The topological polar surface area (TPSA) is 45.5 Å². The van der Waals surface area contributed by atoms with Crippen LogP contribution in [0.25, 0.3) is 5.65 Å². The Kier molecular flexibility index (Phi) is 3.87. The third kappa shape index (κ3) is 2.63. The van der Waals surface area contributed by atoms with Crippen molar-refractivity contribution in [3.63, 3.8) is 0 Å². The lowest BCUT2D eigenvalue weighted by Crippen LogP contribution is -2.41. The van der Waals surface area contributed by atoms with Crippen LogP contribution in [0.15, 0.2) is 18.3 Å². The summed E-state index contributed by atoms with van der Waals surface area (Å²) in [6, 6.07) is 4.72. The average molecular weight is 273 g/mol. The van der Waals surface area contributed by atoms with Gasteiger partial charge in [0.05, 0.1) is 0 Å². The van der Waals surface area contributed by atoms with Gasteiger partial charge in [-0.25, -0.2) is 4.52 Å². The number of aromatic nitrogens is 3. The van der Waals surface area contributed by atoms with Crippen molar-refractivity contribution in [2.75, 3.05) is 25.0 Å². The lowest BCUT2D eigenvalue weighted by Gasteiger charge is -2.35. The molecule has 1 N–H and O–H groups in total. The molecular weight excluding hydrogens is 250 g/mol. The van der Waals surface area contributed by atoms with E-state index in [9.17, 15) is 0 Å². The lowest BCUT2D eigenvalue weighted by molar-refractivity contribution is 0.427. The summed E-state index contributed by atoms with van der Waals surface area (Å²) in [7, 11) is 2.01. The highest BCUT2D eigenvalue weighted by Crippen LogP contribution is 2.24. The summed E-state index contributed by atoms with van der Waals surface area (Å²) in [5.74, 6) is 0.886. The van der Waals surface area contributed by atoms with Crippen molar-refractivity contribution in [1.29, 1.82) is 0 Å². The first-order chi connectivity index (χ1) is 9.78. The maximum atomic E-state index is 4.71. The number of nitrogens with one attached hydrogen (secondary N) is 1. The average Bonchev–Trinajstić information content (AvgIpc) is 2.88. The predicted molar refractivity (Wildman–Crippen MR) is 81.3 cm³/mol. The van der Waals surface area contributed by atoms with E-state index in [4.69, 9.17) is 4.98 Å². The highest BCUT2D eigenvalue weighted by Gasteiger charge is 2.25. The van der Waals surface area contributed by atoms with Crippen LogP contribution in [-0.4, -0.2) is 40.8 Å². The third-order valence-corrected chi connectivity index (χ3v) is 4.09. The van der Waals surface area contributed by atoms with Crippen LogP contribution in [0.5, 0.6) is 0 Å². The number of hydrogen-bond acceptors (Lipinski definition) is 4. The molecule has 3 heterocycles. The molecule has 0 saturated carbocycles. The molecule has 0 spiro atoms. The molecule has 5 nitrogen and oxygen atoms in total. The number of piperidine rings is 1. The first-order valence-electron chi connectivity index (χ1n) is 7.52. The summed E-state index contributed by atoms with van der Waals surface area (Å²) in [6.45, 7) is 4.21. The van der Waals surface area contributed by atoms with Crippen molar-refractivity contribution < 1.29 is 0 Å². The molecule has 3 rings (SSSR count). The molecule has 20 heavy (non-hydrogen) atoms. The summed E-state index contributed by atoms with van der Waals surface area (Å²) in [5, 5.41) is 7.90. The second-order valence-electron chi connectivity index (χ2n) is 5.65. The molecule has 0 aliphatic carbocycles. The van der Waals surface area contributed by atoms with Gasteiger partial charge in [0.15, 0.2) is 5.65 Å². The van der Waals surface area contributed by atoms with Gasteiger partial charge in [-0.2, -0.15) is 4.98 Å². The molecule has 2 aromatic heterocycles. The van der Waals surface area contributed by atoms with Gasteiger partial charge in [-0.1, -0.05) is 0 Å². The van der Waals surface area contributed by atoms with Gasteiger partial charge in [0.2, 0.25) is 5.95 Å². The molecule has 0 aromatic carbocycles. The number of nitrogens with zero attached hydrogens (tertiary/aromatic N) is 4. The van der Waals surface area contributed by atoms with Gasteiger partial charge < -0.3 is 10.2 Å². The van der Waals surface area contributed by atoms with Crippen LogP contribution in [0.4, 0.5) is 5.95 Å². The first kappa shape index (κ1) is 13.4. The number of anilines is 1. The molecule has 108 valence electrons. The van der Waals surface area contributed by atoms with E-state index in [-0.39, 0.29) is 0 Å². The summed E-state index contributed by atoms with van der Waals surface area (Å²) in [4.78, 5) is 7.10. The number of hydrogen-bond donors (Lipinski definition) is 1. The van der Waals surface area contributed by atoms with Gasteiger partial charge in [-0.05, 0) is 63.9 Å². The van der Waals surface area contributed by atoms with Crippen molar-refractivity contribution in [2.24, 2.45) is 0 Å². The minimum Gasteiger partial charge on any atom is -0.336 e. The second-order valence-corrected chi connectivity index (χ2v) is 5.65. The summed E-state index contributed by atoms with van der Waals surface area (Å²) in [6.07, 6.45) is 6.96. The fourth-order valence-corrected chi connectivity index (χ4v) is 2.97. The molecule has 2 aromatic rings. The van der Waals surface area contributed by atoms with Crippen LogP contribution < -0.4 is 10.2 Å². The maximum absolute atomic E-state index is 4.71. The summed E-state index contributed by atoms with van der Waals surface area (Å²) >= 11 is 0. The fourth-order valence-electron chi connectivity index (χ4n) is 2.97. The molecule has 1 aliphatic heterocycles. The SMILES string of the molecule is CNCCC1CCCCN1c1nc2cc(C)ccn2n1. The van der Waals surface area contributed by atoms with Crippen LogP contribution in [0.1, 0.15) is 31.2 Å². The van der Waals surface area contributed by atoms with Gasteiger partial charge in [0.25, 0.3) is 0 Å². The van der Waals surface area contributed by atoms with E-state index < -0.39 is 0 Å². The van der Waals surface area contributed by atoms with Crippen LogP contribution in [0.3, 0.4) is 0 Å². The van der Waals surface area contributed by atoms with E-state index in [0.717, 1.165) is 31.1 Å². The molecule has 1 fully saturated rings. The van der Waals surface area contributed by atoms with Crippen LogP contribution in [0.2, 0.25) is 0 Å². The maximum Gasteiger partial charge on any atom is 0.245 e. The molecule has 0 radical (unpaired) electrons. The first-order valence-corrected chi connectivity index (χ1v) is 7.52. The monoisotopic (exact) mass is 273 g/mol. The normalized spacial score (nSPS) is 19.7. The van der Waals surface area contributed by atoms with E-state index in [2.05, 4.69) is 34.4 Å². The van der Waals surface area contributed by atoms with E-state index in [0.29, 0.717) is 6.04 Å². The highest BCUT2D eigenvalue weighted by atomic mass is 15.4. The Morgan fingerprint density at radius 2 is 2.30 bits per heavy atom. The zero-order chi connectivity index (χ0) is 13.9. The summed E-state index contributed by atoms with van der Waals surface area (Å²) in [5.41, 5.74) is 2.17. The third-order valence-electron chi connectivity index (χ3n) is 4.09. The minimum atomic E-state index is 0.565. The summed E-state index contributed by atoms with van der Waals surface area (Å²) < 4.78 is 1.88.